The van der Waals surface area contributed by atoms with Crippen LogP contribution in [0.25, 0.3) is 0 Å². The number of nitrogens with zero attached hydrogens (tertiary/aromatic N) is 1. The summed E-state index contributed by atoms with van der Waals surface area (Å²) in [7, 11) is -3.69. The van der Waals surface area contributed by atoms with Crippen molar-refractivity contribution < 1.29 is 17.6 Å². The Kier molecular flexibility index (Phi) is 5.69. The SMILES string of the molecule is O=C(NCCNS(=O)(=O)c1ccc(F)cc1)N1CCNCC1. The van der Waals surface area contributed by atoms with Crippen LogP contribution in [0.2, 0.25) is 0 Å². The second-order valence-electron chi connectivity index (χ2n) is 4.82. The van der Waals surface area contributed by atoms with Crippen LogP contribution in [0.3, 0.4) is 0 Å². The summed E-state index contributed by atoms with van der Waals surface area (Å²) < 4.78 is 39.0. The Labute approximate surface area is 128 Å². The molecule has 1 fully saturated rings. The minimum Gasteiger partial charge on any atom is -0.337 e. The summed E-state index contributed by atoms with van der Waals surface area (Å²) in [5.41, 5.74) is 0. The van der Waals surface area contributed by atoms with E-state index in [1.807, 2.05) is 0 Å². The Balaban J connectivity index is 1.75. The lowest BCUT2D eigenvalue weighted by molar-refractivity contribution is 0.190. The van der Waals surface area contributed by atoms with E-state index in [9.17, 15) is 17.6 Å². The van der Waals surface area contributed by atoms with Crippen molar-refractivity contribution in [1.29, 1.82) is 0 Å². The van der Waals surface area contributed by atoms with Crippen molar-refractivity contribution in [3.63, 3.8) is 0 Å². The molecule has 0 saturated carbocycles. The average Bonchev–Trinajstić information content (AvgIpc) is 2.52. The standard InChI is InChI=1S/C13H19FN4O3S/c14-11-1-3-12(4-2-11)22(20,21)17-6-5-16-13(19)18-9-7-15-8-10-18/h1-4,15,17H,5-10H2,(H,16,19). The molecule has 3 N–H and O–H groups in total. The van der Waals surface area contributed by atoms with Crippen molar-refractivity contribution in [2.24, 2.45) is 0 Å². The van der Waals surface area contributed by atoms with Gasteiger partial charge in [-0.25, -0.2) is 22.3 Å². The summed E-state index contributed by atoms with van der Waals surface area (Å²) in [4.78, 5) is 13.5. The molecule has 1 aromatic carbocycles. The molecule has 0 atom stereocenters. The number of benzene rings is 1. The fraction of sp³-hybridized carbons (Fsp3) is 0.462. The van der Waals surface area contributed by atoms with E-state index >= 15 is 0 Å². The summed E-state index contributed by atoms with van der Waals surface area (Å²) in [6.07, 6.45) is 0. The van der Waals surface area contributed by atoms with E-state index in [0.29, 0.717) is 13.1 Å². The largest absolute Gasteiger partial charge is 0.337 e. The number of urea groups is 1. The van der Waals surface area contributed by atoms with Crippen LogP contribution in [0, 0.1) is 5.82 Å². The van der Waals surface area contributed by atoms with Crippen molar-refractivity contribution >= 4 is 16.1 Å². The molecule has 0 aromatic heterocycles. The number of carbonyl (C=O) groups excluding carboxylic acids is 1. The Morgan fingerprint density at radius 3 is 2.45 bits per heavy atom. The molecule has 0 bridgehead atoms. The van der Waals surface area contributed by atoms with Gasteiger partial charge in [0.15, 0.2) is 0 Å². The summed E-state index contributed by atoms with van der Waals surface area (Å²) >= 11 is 0. The van der Waals surface area contributed by atoms with Crippen LogP contribution >= 0.6 is 0 Å². The van der Waals surface area contributed by atoms with E-state index < -0.39 is 15.8 Å². The van der Waals surface area contributed by atoms with E-state index in [2.05, 4.69) is 15.4 Å². The van der Waals surface area contributed by atoms with Gasteiger partial charge in [0.1, 0.15) is 5.82 Å². The van der Waals surface area contributed by atoms with Crippen LogP contribution in [0.1, 0.15) is 0 Å². The van der Waals surface area contributed by atoms with Gasteiger partial charge in [-0.2, -0.15) is 0 Å². The zero-order chi connectivity index (χ0) is 16.0. The molecule has 1 aliphatic rings. The lowest BCUT2D eigenvalue weighted by Gasteiger charge is -2.27. The molecule has 1 aliphatic heterocycles. The second-order valence-corrected chi connectivity index (χ2v) is 6.59. The summed E-state index contributed by atoms with van der Waals surface area (Å²) in [5, 5.41) is 5.80. The number of sulfonamides is 1. The first-order valence-electron chi connectivity index (χ1n) is 6.98. The third-order valence-electron chi connectivity index (χ3n) is 3.22. The quantitative estimate of drug-likeness (QED) is 0.648. The summed E-state index contributed by atoms with van der Waals surface area (Å²) in [6, 6.07) is 4.34. The highest BCUT2D eigenvalue weighted by atomic mass is 32.2. The highest BCUT2D eigenvalue weighted by molar-refractivity contribution is 7.89. The van der Waals surface area contributed by atoms with Crippen LogP contribution in [0.5, 0.6) is 0 Å². The fourth-order valence-electron chi connectivity index (χ4n) is 2.03. The lowest BCUT2D eigenvalue weighted by atomic mass is 10.4. The van der Waals surface area contributed by atoms with Crippen molar-refractivity contribution in [2.75, 3.05) is 39.3 Å². The Bertz CT molecular complexity index is 600. The number of hydrogen-bond donors (Lipinski definition) is 3. The van der Waals surface area contributed by atoms with Gasteiger partial charge in [0.2, 0.25) is 10.0 Å². The zero-order valence-corrected chi connectivity index (χ0v) is 12.8. The molecule has 7 nitrogen and oxygen atoms in total. The molecule has 1 saturated heterocycles. The van der Waals surface area contributed by atoms with Crippen LogP contribution in [-0.2, 0) is 10.0 Å². The average molecular weight is 330 g/mol. The molecule has 22 heavy (non-hydrogen) atoms. The number of amides is 2. The summed E-state index contributed by atoms with van der Waals surface area (Å²) in [6.45, 7) is 3.02. The van der Waals surface area contributed by atoms with Gasteiger partial charge >= 0.3 is 6.03 Å². The van der Waals surface area contributed by atoms with Gasteiger partial charge < -0.3 is 15.5 Å². The van der Waals surface area contributed by atoms with Gasteiger partial charge in [0.25, 0.3) is 0 Å². The van der Waals surface area contributed by atoms with E-state index in [-0.39, 0.29) is 24.0 Å². The monoisotopic (exact) mass is 330 g/mol. The Morgan fingerprint density at radius 1 is 1.18 bits per heavy atom. The molecule has 2 amide bonds. The molecule has 1 heterocycles. The van der Waals surface area contributed by atoms with Crippen LogP contribution < -0.4 is 15.4 Å². The maximum Gasteiger partial charge on any atom is 0.317 e. The maximum atomic E-state index is 12.8. The van der Waals surface area contributed by atoms with Gasteiger partial charge in [0, 0.05) is 39.3 Å². The van der Waals surface area contributed by atoms with Gasteiger partial charge in [-0.3, -0.25) is 0 Å². The smallest absolute Gasteiger partial charge is 0.317 e. The van der Waals surface area contributed by atoms with E-state index in [0.717, 1.165) is 25.2 Å². The van der Waals surface area contributed by atoms with Gasteiger partial charge in [0.05, 0.1) is 4.90 Å². The van der Waals surface area contributed by atoms with Crippen molar-refractivity contribution in [2.45, 2.75) is 4.90 Å². The summed E-state index contributed by atoms with van der Waals surface area (Å²) in [5.74, 6) is -0.498. The first-order valence-corrected chi connectivity index (χ1v) is 8.46. The van der Waals surface area contributed by atoms with Gasteiger partial charge in [-0.05, 0) is 24.3 Å². The molecule has 0 unspecified atom stereocenters. The highest BCUT2D eigenvalue weighted by Crippen LogP contribution is 2.08. The molecule has 0 spiro atoms. The number of halogens is 1. The van der Waals surface area contributed by atoms with Gasteiger partial charge in [-0.15, -0.1) is 0 Å². The van der Waals surface area contributed by atoms with Crippen molar-refractivity contribution in [3.05, 3.63) is 30.1 Å². The molecule has 9 heteroatoms. The predicted molar refractivity (Wildman–Crippen MR) is 79.4 cm³/mol. The number of nitrogens with one attached hydrogen (secondary N) is 3. The first kappa shape index (κ1) is 16.7. The molecule has 0 radical (unpaired) electrons. The van der Waals surface area contributed by atoms with Crippen molar-refractivity contribution in [3.8, 4) is 0 Å². The minimum atomic E-state index is -3.69. The molecular weight excluding hydrogens is 311 g/mol. The number of rotatable bonds is 5. The van der Waals surface area contributed by atoms with Crippen LogP contribution in [0.15, 0.2) is 29.2 Å². The third kappa shape index (κ3) is 4.65. The second kappa shape index (κ2) is 7.52. The highest BCUT2D eigenvalue weighted by Gasteiger charge is 2.16. The minimum absolute atomic E-state index is 0.0117. The van der Waals surface area contributed by atoms with Crippen LogP contribution in [0.4, 0.5) is 9.18 Å². The Morgan fingerprint density at radius 2 is 1.82 bits per heavy atom. The number of carbonyl (C=O) groups is 1. The van der Waals surface area contributed by atoms with Gasteiger partial charge in [-0.1, -0.05) is 0 Å². The van der Waals surface area contributed by atoms with Crippen molar-refractivity contribution in [1.82, 2.24) is 20.3 Å². The first-order chi connectivity index (χ1) is 10.5. The fourth-order valence-corrected chi connectivity index (χ4v) is 3.06. The third-order valence-corrected chi connectivity index (χ3v) is 4.70. The van der Waals surface area contributed by atoms with Crippen LogP contribution in [-0.4, -0.2) is 58.6 Å². The number of piperazine rings is 1. The molecule has 2 rings (SSSR count). The number of hydrogen-bond acceptors (Lipinski definition) is 4. The Hall–Kier alpha value is -1.71. The zero-order valence-electron chi connectivity index (χ0n) is 12.0. The maximum absolute atomic E-state index is 12.8. The lowest BCUT2D eigenvalue weighted by Crippen LogP contribution is -2.51. The molecule has 0 aliphatic carbocycles. The normalized spacial score (nSPS) is 15.6. The van der Waals surface area contributed by atoms with E-state index in [4.69, 9.17) is 0 Å². The van der Waals surface area contributed by atoms with E-state index in [1.165, 1.54) is 12.1 Å². The molecular formula is C13H19FN4O3S. The predicted octanol–water partition coefficient (Wildman–Crippen LogP) is -0.281. The van der Waals surface area contributed by atoms with E-state index in [1.54, 1.807) is 4.90 Å². The molecule has 1 aromatic rings. The molecule has 122 valence electrons. The topological polar surface area (TPSA) is 90.5 Å².